The minimum absolute atomic E-state index is 0.0862. The largest absolute Gasteiger partial charge is 0.465 e. The van der Waals surface area contributed by atoms with E-state index in [9.17, 15) is 18.0 Å². The minimum atomic E-state index is -4.14. The lowest BCUT2D eigenvalue weighted by molar-refractivity contribution is -0.129. The Balaban J connectivity index is 2.98. The summed E-state index contributed by atoms with van der Waals surface area (Å²) in [5, 5.41) is 1.43. The molecule has 1 aromatic rings. The van der Waals surface area contributed by atoms with Gasteiger partial charge in [0, 0.05) is 6.61 Å². The van der Waals surface area contributed by atoms with Crippen LogP contribution in [0.25, 0.3) is 0 Å². The van der Waals surface area contributed by atoms with Gasteiger partial charge in [-0.25, -0.2) is 17.9 Å². The van der Waals surface area contributed by atoms with Gasteiger partial charge in [0.05, 0.1) is 7.11 Å². The van der Waals surface area contributed by atoms with Gasteiger partial charge < -0.3 is 9.47 Å². The van der Waals surface area contributed by atoms with Crippen LogP contribution in [-0.4, -0.2) is 40.1 Å². The number of ether oxygens (including phenoxy) is 2. The van der Waals surface area contributed by atoms with E-state index in [1.165, 1.54) is 18.4 Å². The summed E-state index contributed by atoms with van der Waals surface area (Å²) < 4.78 is 35.5. The van der Waals surface area contributed by atoms with Crippen molar-refractivity contribution in [1.82, 2.24) is 4.72 Å². The van der Waals surface area contributed by atoms with Gasteiger partial charge in [-0.2, -0.15) is 0 Å². The van der Waals surface area contributed by atoms with Crippen molar-refractivity contribution in [3.8, 4) is 0 Å². The van der Waals surface area contributed by atoms with Gasteiger partial charge in [-0.1, -0.05) is 0 Å². The Hall–Kier alpha value is -1.45. The molecule has 0 saturated carbocycles. The van der Waals surface area contributed by atoms with E-state index in [4.69, 9.17) is 4.74 Å². The van der Waals surface area contributed by atoms with E-state index in [1.807, 2.05) is 4.72 Å². The third-order valence-corrected chi connectivity index (χ3v) is 4.72. The van der Waals surface area contributed by atoms with Crippen LogP contribution < -0.4 is 4.72 Å². The quantitative estimate of drug-likeness (QED) is 0.777. The number of nitrogens with one attached hydrogen (secondary N) is 1. The molecule has 0 radical (unpaired) electrons. The van der Waals surface area contributed by atoms with Crippen LogP contribution in [0.15, 0.2) is 16.3 Å². The summed E-state index contributed by atoms with van der Waals surface area (Å²) in [6.07, 6.45) is -0.907. The summed E-state index contributed by atoms with van der Waals surface area (Å²) in [4.78, 5) is 22.7. The van der Waals surface area contributed by atoms with E-state index in [2.05, 4.69) is 4.74 Å². The maximum atomic E-state index is 12.1. The fourth-order valence-corrected chi connectivity index (χ4v) is 3.73. The number of hydrogen-bond acceptors (Lipinski definition) is 7. The van der Waals surface area contributed by atoms with E-state index in [-0.39, 0.29) is 16.4 Å². The Bertz CT molecular complexity index is 592. The van der Waals surface area contributed by atoms with Gasteiger partial charge in [0.15, 0.2) is 0 Å². The van der Waals surface area contributed by atoms with Crippen LogP contribution in [0.4, 0.5) is 0 Å². The third-order valence-electron chi connectivity index (χ3n) is 2.31. The number of sulfonamides is 1. The van der Waals surface area contributed by atoms with E-state index < -0.39 is 28.0 Å². The molecule has 0 fully saturated rings. The van der Waals surface area contributed by atoms with Crippen molar-refractivity contribution in [2.45, 2.75) is 24.8 Å². The zero-order valence-electron chi connectivity index (χ0n) is 11.2. The molecule has 1 heterocycles. The average Bonchev–Trinajstić information content (AvgIpc) is 2.87. The van der Waals surface area contributed by atoms with Crippen molar-refractivity contribution in [2.24, 2.45) is 0 Å². The summed E-state index contributed by atoms with van der Waals surface area (Å²) in [6, 6.07) is 1.23. The lowest BCUT2D eigenvalue weighted by Crippen LogP contribution is -2.38. The molecule has 0 bridgehead atoms. The highest BCUT2D eigenvalue weighted by Gasteiger charge is 2.28. The molecule has 0 aliphatic rings. The molecule has 1 atom stereocenters. The van der Waals surface area contributed by atoms with E-state index in [0.29, 0.717) is 0 Å². The lowest BCUT2D eigenvalue weighted by Gasteiger charge is -2.12. The molecule has 0 spiro atoms. The fraction of sp³-hybridized carbons (Fsp3) is 0.455. The third kappa shape index (κ3) is 3.78. The van der Waals surface area contributed by atoms with Crippen LogP contribution in [0.2, 0.25) is 0 Å². The standard InChI is InChI=1S/C11H15NO6S2/c1-4-18-7(2)10(13)12-20(15,16)8-5-6-19-9(8)11(14)17-3/h5-7H,4H2,1-3H3,(H,12,13). The SMILES string of the molecule is CCOC(C)C(=O)NS(=O)(=O)c1ccsc1C(=O)OC. The Labute approximate surface area is 120 Å². The van der Waals surface area contributed by atoms with Crippen LogP contribution in [0.5, 0.6) is 0 Å². The summed E-state index contributed by atoms with van der Waals surface area (Å²) >= 11 is 0.919. The van der Waals surface area contributed by atoms with E-state index >= 15 is 0 Å². The molecule has 112 valence electrons. The fourth-order valence-electron chi connectivity index (χ4n) is 1.35. The van der Waals surface area contributed by atoms with Gasteiger partial charge in [-0.3, -0.25) is 4.79 Å². The number of methoxy groups -OCH3 is 1. The number of thiophene rings is 1. The molecular weight excluding hydrogens is 306 g/mol. The second-order valence-electron chi connectivity index (χ2n) is 3.67. The van der Waals surface area contributed by atoms with Crippen LogP contribution in [0.1, 0.15) is 23.5 Å². The second kappa shape index (κ2) is 6.82. The van der Waals surface area contributed by atoms with Crippen molar-refractivity contribution >= 4 is 33.2 Å². The Morgan fingerprint density at radius 3 is 2.65 bits per heavy atom. The molecule has 1 amide bonds. The number of carbonyl (C=O) groups excluding carboxylic acids is 2. The van der Waals surface area contributed by atoms with Crippen molar-refractivity contribution in [3.63, 3.8) is 0 Å². The summed E-state index contributed by atoms with van der Waals surface area (Å²) in [5.74, 6) is -1.57. The van der Waals surface area contributed by atoms with E-state index in [0.717, 1.165) is 18.4 Å². The zero-order valence-corrected chi connectivity index (χ0v) is 12.8. The normalized spacial score (nSPS) is 12.8. The van der Waals surface area contributed by atoms with Crippen molar-refractivity contribution in [1.29, 1.82) is 0 Å². The summed E-state index contributed by atoms with van der Waals surface area (Å²) in [5.41, 5.74) is 0. The number of esters is 1. The van der Waals surface area contributed by atoms with Gasteiger partial charge in [0.1, 0.15) is 15.9 Å². The highest BCUT2D eigenvalue weighted by Crippen LogP contribution is 2.22. The van der Waals surface area contributed by atoms with Gasteiger partial charge in [-0.05, 0) is 25.3 Å². The molecule has 0 aliphatic carbocycles. The highest BCUT2D eigenvalue weighted by atomic mass is 32.2. The first kappa shape index (κ1) is 16.6. The Kier molecular flexibility index (Phi) is 5.66. The first-order valence-electron chi connectivity index (χ1n) is 5.67. The molecule has 0 aromatic carbocycles. The number of carbonyl (C=O) groups is 2. The predicted octanol–water partition coefficient (Wildman–Crippen LogP) is 0.765. The zero-order chi connectivity index (χ0) is 15.3. The molecule has 1 N–H and O–H groups in total. The first-order chi connectivity index (χ1) is 9.33. The molecule has 1 aromatic heterocycles. The molecule has 0 aliphatic heterocycles. The van der Waals surface area contributed by atoms with Gasteiger partial charge in [-0.15, -0.1) is 11.3 Å². The monoisotopic (exact) mass is 321 g/mol. The van der Waals surface area contributed by atoms with Gasteiger partial charge in [0.2, 0.25) is 0 Å². The summed E-state index contributed by atoms with van der Waals surface area (Å²) in [7, 11) is -2.99. The Morgan fingerprint density at radius 2 is 2.10 bits per heavy atom. The van der Waals surface area contributed by atoms with E-state index in [1.54, 1.807) is 6.92 Å². The topological polar surface area (TPSA) is 98.8 Å². The molecular formula is C11H15NO6S2. The second-order valence-corrected chi connectivity index (χ2v) is 6.24. The molecule has 0 saturated heterocycles. The van der Waals surface area contributed by atoms with Crippen LogP contribution in [0, 0.1) is 0 Å². The average molecular weight is 321 g/mol. The number of hydrogen-bond donors (Lipinski definition) is 1. The predicted molar refractivity (Wildman–Crippen MR) is 72.1 cm³/mol. The van der Waals surface area contributed by atoms with Crippen molar-refractivity contribution in [3.05, 3.63) is 16.3 Å². The van der Waals surface area contributed by atoms with Crippen LogP contribution in [0.3, 0.4) is 0 Å². The summed E-state index contributed by atoms with van der Waals surface area (Å²) in [6.45, 7) is 3.40. The van der Waals surface area contributed by atoms with Gasteiger partial charge >= 0.3 is 5.97 Å². The Morgan fingerprint density at radius 1 is 1.45 bits per heavy atom. The maximum absolute atomic E-state index is 12.1. The molecule has 20 heavy (non-hydrogen) atoms. The number of rotatable bonds is 6. The molecule has 9 heteroatoms. The minimum Gasteiger partial charge on any atom is -0.465 e. The lowest BCUT2D eigenvalue weighted by atomic mass is 10.4. The number of amides is 1. The first-order valence-corrected chi connectivity index (χ1v) is 8.03. The van der Waals surface area contributed by atoms with Crippen molar-refractivity contribution in [2.75, 3.05) is 13.7 Å². The van der Waals surface area contributed by atoms with Crippen LogP contribution in [-0.2, 0) is 24.3 Å². The molecule has 1 rings (SSSR count). The molecule has 1 unspecified atom stereocenters. The maximum Gasteiger partial charge on any atom is 0.349 e. The smallest absolute Gasteiger partial charge is 0.349 e. The highest BCUT2D eigenvalue weighted by molar-refractivity contribution is 7.90. The van der Waals surface area contributed by atoms with Crippen molar-refractivity contribution < 1.29 is 27.5 Å². The van der Waals surface area contributed by atoms with Crippen LogP contribution >= 0.6 is 11.3 Å². The molecule has 7 nitrogen and oxygen atoms in total. The van der Waals surface area contributed by atoms with Gasteiger partial charge in [0.25, 0.3) is 15.9 Å².